The highest BCUT2D eigenvalue weighted by molar-refractivity contribution is 5.91. The van der Waals surface area contributed by atoms with Gasteiger partial charge in [0.25, 0.3) is 5.91 Å². The monoisotopic (exact) mass is 286 g/mol. The number of carbonyl (C=O) groups excluding carboxylic acids is 1. The predicted molar refractivity (Wildman–Crippen MR) is 80.2 cm³/mol. The predicted octanol–water partition coefficient (Wildman–Crippen LogP) is 1.53. The summed E-state index contributed by atoms with van der Waals surface area (Å²) >= 11 is 0. The third kappa shape index (κ3) is 2.69. The summed E-state index contributed by atoms with van der Waals surface area (Å²) in [6.45, 7) is 4.82. The maximum absolute atomic E-state index is 12.2. The van der Waals surface area contributed by atoms with Crippen molar-refractivity contribution in [2.75, 3.05) is 36.8 Å². The fourth-order valence-corrected chi connectivity index (χ4v) is 2.60. The first-order chi connectivity index (χ1) is 10.1. The highest BCUT2D eigenvalue weighted by Gasteiger charge is 2.24. The molecular formula is C15H18N4O2. The zero-order valence-corrected chi connectivity index (χ0v) is 12.0. The highest BCUT2D eigenvalue weighted by atomic mass is 16.3. The van der Waals surface area contributed by atoms with Gasteiger partial charge in [0.2, 0.25) is 0 Å². The standard InChI is InChI=1S/C15H18N4O2/c1-11-9-12(16)10-17-14(11)18-4-6-19(7-5-18)15(20)13-3-2-8-21-13/h2-3,8-10H,4-7,16H2,1H3. The van der Waals surface area contributed by atoms with Gasteiger partial charge in [-0.1, -0.05) is 0 Å². The minimum atomic E-state index is -0.0540. The molecule has 1 fully saturated rings. The van der Waals surface area contributed by atoms with E-state index < -0.39 is 0 Å². The van der Waals surface area contributed by atoms with E-state index in [1.165, 1.54) is 6.26 Å². The summed E-state index contributed by atoms with van der Waals surface area (Å²) in [4.78, 5) is 20.6. The summed E-state index contributed by atoms with van der Waals surface area (Å²) in [5.41, 5.74) is 7.45. The number of hydrogen-bond acceptors (Lipinski definition) is 5. The fourth-order valence-electron chi connectivity index (χ4n) is 2.60. The molecule has 0 spiro atoms. The molecule has 2 N–H and O–H groups in total. The number of aromatic nitrogens is 1. The van der Waals surface area contributed by atoms with Gasteiger partial charge in [-0.3, -0.25) is 4.79 Å². The number of pyridine rings is 1. The molecule has 2 aromatic rings. The number of nitrogens with two attached hydrogens (primary N) is 1. The first-order valence-corrected chi connectivity index (χ1v) is 6.95. The lowest BCUT2D eigenvalue weighted by Crippen LogP contribution is -2.49. The molecular weight excluding hydrogens is 268 g/mol. The topological polar surface area (TPSA) is 75.6 Å². The van der Waals surface area contributed by atoms with E-state index >= 15 is 0 Å². The van der Waals surface area contributed by atoms with Gasteiger partial charge in [-0.2, -0.15) is 0 Å². The summed E-state index contributed by atoms with van der Waals surface area (Å²) in [5.74, 6) is 1.28. The van der Waals surface area contributed by atoms with Crippen LogP contribution < -0.4 is 10.6 Å². The first kappa shape index (κ1) is 13.5. The van der Waals surface area contributed by atoms with Crippen molar-refractivity contribution < 1.29 is 9.21 Å². The minimum absolute atomic E-state index is 0.0540. The lowest BCUT2D eigenvalue weighted by atomic mass is 10.2. The number of furan rings is 1. The molecule has 3 rings (SSSR count). The second-order valence-electron chi connectivity index (χ2n) is 5.17. The lowest BCUT2D eigenvalue weighted by Gasteiger charge is -2.35. The van der Waals surface area contributed by atoms with Gasteiger partial charge in [-0.15, -0.1) is 0 Å². The number of aryl methyl sites for hydroxylation is 1. The van der Waals surface area contributed by atoms with Gasteiger partial charge in [-0.25, -0.2) is 4.98 Å². The van der Waals surface area contributed by atoms with E-state index in [1.54, 1.807) is 18.3 Å². The molecule has 1 saturated heterocycles. The summed E-state index contributed by atoms with van der Waals surface area (Å²) < 4.78 is 5.16. The van der Waals surface area contributed by atoms with Crippen LogP contribution in [0, 0.1) is 6.92 Å². The van der Waals surface area contributed by atoms with E-state index in [-0.39, 0.29) is 5.91 Å². The second-order valence-corrected chi connectivity index (χ2v) is 5.17. The van der Waals surface area contributed by atoms with Crippen molar-refractivity contribution in [2.24, 2.45) is 0 Å². The molecule has 0 aromatic carbocycles. The summed E-state index contributed by atoms with van der Waals surface area (Å²) in [6.07, 6.45) is 3.19. The Morgan fingerprint density at radius 2 is 2.10 bits per heavy atom. The third-order valence-electron chi connectivity index (χ3n) is 3.67. The molecule has 0 unspecified atom stereocenters. The Hall–Kier alpha value is -2.50. The van der Waals surface area contributed by atoms with Crippen LogP contribution in [-0.2, 0) is 0 Å². The van der Waals surface area contributed by atoms with Crippen molar-refractivity contribution in [1.82, 2.24) is 9.88 Å². The quantitative estimate of drug-likeness (QED) is 0.906. The average Bonchev–Trinajstić information content (AvgIpc) is 3.01. The van der Waals surface area contributed by atoms with E-state index in [2.05, 4.69) is 9.88 Å². The van der Waals surface area contributed by atoms with Crippen LogP contribution in [0.5, 0.6) is 0 Å². The molecule has 6 nitrogen and oxygen atoms in total. The summed E-state index contributed by atoms with van der Waals surface area (Å²) in [7, 11) is 0. The largest absolute Gasteiger partial charge is 0.459 e. The third-order valence-corrected chi connectivity index (χ3v) is 3.67. The van der Waals surface area contributed by atoms with Gasteiger partial charge >= 0.3 is 0 Å². The molecule has 6 heteroatoms. The maximum atomic E-state index is 12.2. The van der Waals surface area contributed by atoms with Crippen LogP contribution in [-0.4, -0.2) is 42.0 Å². The van der Waals surface area contributed by atoms with Gasteiger partial charge < -0.3 is 20.0 Å². The van der Waals surface area contributed by atoms with E-state index in [9.17, 15) is 4.79 Å². The maximum Gasteiger partial charge on any atom is 0.289 e. The molecule has 1 amide bonds. The first-order valence-electron chi connectivity index (χ1n) is 6.95. The zero-order chi connectivity index (χ0) is 14.8. The Labute approximate surface area is 123 Å². The van der Waals surface area contributed by atoms with Gasteiger partial charge in [0.15, 0.2) is 5.76 Å². The SMILES string of the molecule is Cc1cc(N)cnc1N1CCN(C(=O)c2ccco2)CC1. The van der Waals surface area contributed by atoms with E-state index in [0.717, 1.165) is 24.5 Å². The highest BCUT2D eigenvalue weighted by Crippen LogP contribution is 2.20. The van der Waals surface area contributed by atoms with E-state index in [0.29, 0.717) is 24.5 Å². The van der Waals surface area contributed by atoms with Crippen molar-refractivity contribution in [3.63, 3.8) is 0 Å². The van der Waals surface area contributed by atoms with Crippen LogP contribution in [0.1, 0.15) is 16.1 Å². The number of carbonyl (C=O) groups is 1. The molecule has 110 valence electrons. The Morgan fingerprint density at radius 1 is 1.33 bits per heavy atom. The van der Waals surface area contributed by atoms with Crippen LogP contribution in [0.25, 0.3) is 0 Å². The number of nitrogen functional groups attached to an aromatic ring is 1. The lowest BCUT2D eigenvalue weighted by molar-refractivity contribution is 0.0714. The minimum Gasteiger partial charge on any atom is -0.459 e. The van der Waals surface area contributed by atoms with Crippen LogP contribution in [0.2, 0.25) is 0 Å². The average molecular weight is 286 g/mol. The molecule has 3 heterocycles. The molecule has 0 saturated carbocycles. The number of anilines is 2. The molecule has 0 aliphatic carbocycles. The van der Waals surface area contributed by atoms with Crippen LogP contribution >= 0.6 is 0 Å². The number of nitrogens with zero attached hydrogens (tertiary/aromatic N) is 3. The smallest absolute Gasteiger partial charge is 0.289 e. The molecule has 0 atom stereocenters. The van der Waals surface area contributed by atoms with Crippen molar-refractivity contribution in [2.45, 2.75) is 6.92 Å². The van der Waals surface area contributed by atoms with E-state index in [1.807, 2.05) is 17.9 Å². The number of hydrogen-bond donors (Lipinski definition) is 1. The Bertz CT molecular complexity index is 631. The van der Waals surface area contributed by atoms with Crippen LogP contribution in [0.3, 0.4) is 0 Å². The Balaban J connectivity index is 1.66. The Kier molecular flexibility index (Phi) is 3.51. The van der Waals surface area contributed by atoms with Crippen molar-refractivity contribution in [3.05, 3.63) is 42.0 Å². The molecule has 0 radical (unpaired) electrons. The molecule has 1 aliphatic heterocycles. The summed E-state index contributed by atoms with van der Waals surface area (Å²) in [5, 5.41) is 0. The number of piperazine rings is 1. The molecule has 0 bridgehead atoms. The molecule has 2 aromatic heterocycles. The Morgan fingerprint density at radius 3 is 2.71 bits per heavy atom. The van der Waals surface area contributed by atoms with Gasteiger partial charge in [0, 0.05) is 26.2 Å². The van der Waals surface area contributed by atoms with Gasteiger partial charge in [-0.05, 0) is 30.7 Å². The molecule has 1 aliphatic rings. The van der Waals surface area contributed by atoms with Gasteiger partial charge in [0.1, 0.15) is 5.82 Å². The zero-order valence-electron chi connectivity index (χ0n) is 12.0. The number of rotatable bonds is 2. The van der Waals surface area contributed by atoms with E-state index in [4.69, 9.17) is 10.2 Å². The van der Waals surface area contributed by atoms with Gasteiger partial charge in [0.05, 0.1) is 18.1 Å². The second kappa shape index (κ2) is 5.47. The van der Waals surface area contributed by atoms with Crippen LogP contribution in [0.4, 0.5) is 11.5 Å². The van der Waals surface area contributed by atoms with Crippen molar-refractivity contribution in [1.29, 1.82) is 0 Å². The number of amides is 1. The summed E-state index contributed by atoms with van der Waals surface area (Å²) in [6, 6.07) is 5.34. The van der Waals surface area contributed by atoms with Crippen molar-refractivity contribution in [3.8, 4) is 0 Å². The van der Waals surface area contributed by atoms with Crippen LogP contribution in [0.15, 0.2) is 35.1 Å². The normalized spacial score (nSPS) is 15.3. The fraction of sp³-hybridized carbons (Fsp3) is 0.333. The molecule has 21 heavy (non-hydrogen) atoms. The van der Waals surface area contributed by atoms with Crippen molar-refractivity contribution >= 4 is 17.4 Å².